The first-order valence-electron chi connectivity index (χ1n) is 4.17. The van der Waals surface area contributed by atoms with Crippen molar-refractivity contribution in [2.24, 2.45) is 5.92 Å². The van der Waals surface area contributed by atoms with Crippen LogP contribution in [0.4, 0.5) is 0 Å². The quantitative estimate of drug-likeness (QED) is 0.633. The zero-order valence-electron chi connectivity index (χ0n) is 6.66. The lowest BCUT2D eigenvalue weighted by molar-refractivity contribution is -0.142. The van der Waals surface area contributed by atoms with E-state index in [-0.39, 0.29) is 6.04 Å². The summed E-state index contributed by atoms with van der Waals surface area (Å²) in [6.07, 6.45) is 2.47. The molecule has 3 aliphatic rings. The van der Waals surface area contributed by atoms with Gasteiger partial charge in [-0.1, -0.05) is 0 Å². The van der Waals surface area contributed by atoms with Gasteiger partial charge in [0.05, 0.1) is 0 Å². The molecule has 1 aliphatic carbocycles. The van der Waals surface area contributed by atoms with Crippen molar-refractivity contribution in [3.05, 3.63) is 0 Å². The Bertz CT molecular complexity index is 187. The van der Waals surface area contributed by atoms with Crippen LogP contribution in [0.5, 0.6) is 0 Å². The molecule has 3 fully saturated rings. The molecule has 2 aliphatic heterocycles. The fourth-order valence-corrected chi connectivity index (χ4v) is 2.18. The lowest BCUT2D eigenvalue weighted by Gasteiger charge is -2.28. The number of hydrogen-bond donors (Lipinski definition) is 1. The van der Waals surface area contributed by atoms with E-state index in [1.165, 1.54) is 12.8 Å². The van der Waals surface area contributed by atoms with E-state index in [1.54, 1.807) is 6.92 Å². The first kappa shape index (κ1) is 7.10. The van der Waals surface area contributed by atoms with Crippen molar-refractivity contribution in [1.82, 2.24) is 4.90 Å². The van der Waals surface area contributed by atoms with E-state index in [1.807, 2.05) is 0 Å². The lowest BCUT2D eigenvalue weighted by Crippen LogP contribution is -2.40. The summed E-state index contributed by atoms with van der Waals surface area (Å²) < 4.78 is 0. The van der Waals surface area contributed by atoms with Crippen molar-refractivity contribution in [2.75, 3.05) is 6.54 Å². The minimum atomic E-state index is -0.683. The molecule has 0 aromatic carbocycles. The van der Waals surface area contributed by atoms with Gasteiger partial charge in [-0.25, -0.2) is 0 Å². The molecule has 1 unspecified atom stereocenters. The van der Waals surface area contributed by atoms with Gasteiger partial charge < -0.3 is 5.11 Å². The highest BCUT2D eigenvalue weighted by Gasteiger charge is 2.45. The summed E-state index contributed by atoms with van der Waals surface area (Å²) in [5, 5.41) is 8.74. The normalized spacial score (nSPS) is 38.3. The van der Waals surface area contributed by atoms with Crippen LogP contribution in [0, 0.1) is 5.92 Å². The third-order valence-electron chi connectivity index (χ3n) is 3.00. The predicted octanol–water partition coefficient (Wildman–Crippen LogP) is 0.554. The van der Waals surface area contributed by atoms with E-state index in [9.17, 15) is 4.79 Å². The first-order valence-corrected chi connectivity index (χ1v) is 4.17. The Morgan fingerprint density at radius 3 is 2.64 bits per heavy atom. The molecule has 2 saturated heterocycles. The maximum Gasteiger partial charge on any atom is 0.320 e. The van der Waals surface area contributed by atoms with Crippen LogP contribution in [0.25, 0.3) is 0 Å². The molecule has 0 aromatic heterocycles. The molecule has 11 heavy (non-hydrogen) atoms. The monoisotopic (exact) mass is 155 g/mol. The molecule has 1 atom stereocenters. The number of hydrogen-bond acceptors (Lipinski definition) is 2. The Hall–Kier alpha value is -0.570. The van der Waals surface area contributed by atoms with Gasteiger partial charge in [0.25, 0.3) is 0 Å². The Morgan fingerprint density at radius 1 is 1.64 bits per heavy atom. The van der Waals surface area contributed by atoms with E-state index < -0.39 is 5.97 Å². The highest BCUT2D eigenvalue weighted by atomic mass is 16.4. The third kappa shape index (κ3) is 0.948. The van der Waals surface area contributed by atoms with Crippen LogP contribution in [0.15, 0.2) is 0 Å². The molecule has 0 spiro atoms. The number of nitrogens with zero attached hydrogens (tertiary/aromatic N) is 1. The van der Waals surface area contributed by atoms with Crippen LogP contribution < -0.4 is 0 Å². The zero-order valence-corrected chi connectivity index (χ0v) is 6.66. The van der Waals surface area contributed by atoms with E-state index >= 15 is 0 Å². The summed E-state index contributed by atoms with van der Waals surface area (Å²) in [5.41, 5.74) is 0. The van der Waals surface area contributed by atoms with Gasteiger partial charge >= 0.3 is 5.97 Å². The van der Waals surface area contributed by atoms with Gasteiger partial charge in [-0.2, -0.15) is 0 Å². The maximum absolute atomic E-state index is 10.6. The predicted molar refractivity (Wildman–Crippen MR) is 40.3 cm³/mol. The molecule has 0 radical (unpaired) electrons. The van der Waals surface area contributed by atoms with Crippen molar-refractivity contribution in [3.63, 3.8) is 0 Å². The number of carbonyl (C=O) groups is 1. The van der Waals surface area contributed by atoms with Gasteiger partial charge in [0.15, 0.2) is 0 Å². The molecule has 2 bridgehead atoms. The van der Waals surface area contributed by atoms with Gasteiger partial charge in [0.2, 0.25) is 0 Å². The summed E-state index contributed by atoms with van der Waals surface area (Å²) in [6, 6.07) is 0.318. The van der Waals surface area contributed by atoms with Crippen LogP contribution >= 0.6 is 0 Å². The van der Waals surface area contributed by atoms with Crippen LogP contribution in [-0.2, 0) is 4.79 Å². The van der Waals surface area contributed by atoms with Gasteiger partial charge in [-0.15, -0.1) is 0 Å². The lowest BCUT2D eigenvalue weighted by atomic mass is 9.86. The Kier molecular flexibility index (Phi) is 1.42. The standard InChI is InChI=1S/C8H13NO2/c1-5(8(10)11)9-4-6-2-7(9)3-6/h5-7H,2-4H2,1H3,(H,10,11). The number of carboxylic acids is 1. The number of carboxylic acid groups (broad SMARTS) is 1. The van der Waals surface area contributed by atoms with Gasteiger partial charge in [0, 0.05) is 12.6 Å². The van der Waals surface area contributed by atoms with Crippen molar-refractivity contribution >= 4 is 5.97 Å². The fourth-order valence-electron chi connectivity index (χ4n) is 2.18. The van der Waals surface area contributed by atoms with E-state index in [0.29, 0.717) is 6.04 Å². The Morgan fingerprint density at radius 2 is 2.27 bits per heavy atom. The van der Waals surface area contributed by atoms with Gasteiger partial charge in [-0.3, -0.25) is 9.69 Å². The molecule has 0 amide bonds. The molecule has 0 aromatic rings. The molecule has 3 nitrogen and oxygen atoms in total. The van der Waals surface area contributed by atoms with Crippen LogP contribution in [0.2, 0.25) is 0 Å². The Labute approximate surface area is 66.0 Å². The largest absolute Gasteiger partial charge is 0.480 e. The molecule has 1 saturated carbocycles. The highest BCUT2D eigenvalue weighted by molar-refractivity contribution is 5.73. The number of aliphatic carboxylic acids is 1. The second-order valence-corrected chi connectivity index (χ2v) is 3.70. The third-order valence-corrected chi connectivity index (χ3v) is 3.00. The molecule has 3 heteroatoms. The van der Waals surface area contributed by atoms with Crippen molar-refractivity contribution < 1.29 is 9.90 Å². The summed E-state index contributed by atoms with van der Waals surface area (Å²) in [4.78, 5) is 12.7. The summed E-state index contributed by atoms with van der Waals surface area (Å²) in [7, 11) is 0. The van der Waals surface area contributed by atoms with Gasteiger partial charge in [0.1, 0.15) is 6.04 Å². The van der Waals surface area contributed by atoms with Crippen molar-refractivity contribution in [2.45, 2.75) is 31.8 Å². The summed E-state index contributed by atoms with van der Waals surface area (Å²) >= 11 is 0. The molecular weight excluding hydrogens is 142 g/mol. The maximum atomic E-state index is 10.6. The highest BCUT2D eigenvalue weighted by Crippen LogP contribution is 2.41. The number of rotatable bonds is 2. The van der Waals surface area contributed by atoms with E-state index in [2.05, 4.69) is 4.90 Å². The first-order chi connectivity index (χ1) is 5.18. The smallest absolute Gasteiger partial charge is 0.320 e. The summed E-state index contributed by atoms with van der Waals surface area (Å²) in [5.74, 6) is 0.124. The molecular formula is C8H13NO2. The van der Waals surface area contributed by atoms with Crippen LogP contribution in [0.3, 0.4) is 0 Å². The van der Waals surface area contributed by atoms with Crippen LogP contribution in [-0.4, -0.2) is 34.6 Å². The number of fused-ring (bicyclic) bond motifs is 1. The fraction of sp³-hybridized carbons (Fsp3) is 0.875. The van der Waals surface area contributed by atoms with E-state index in [4.69, 9.17) is 5.11 Å². The minimum Gasteiger partial charge on any atom is -0.480 e. The van der Waals surface area contributed by atoms with Gasteiger partial charge in [-0.05, 0) is 25.7 Å². The zero-order chi connectivity index (χ0) is 8.01. The second-order valence-electron chi connectivity index (χ2n) is 3.70. The Balaban J connectivity index is 2.00. The average Bonchev–Trinajstić information content (AvgIpc) is 2.39. The molecule has 3 rings (SSSR count). The van der Waals surface area contributed by atoms with Crippen molar-refractivity contribution in [1.29, 1.82) is 0 Å². The second kappa shape index (κ2) is 2.21. The SMILES string of the molecule is CC(C(=O)O)N1CC2CC1C2. The molecule has 62 valence electrons. The molecule has 1 N–H and O–H groups in total. The van der Waals surface area contributed by atoms with E-state index in [0.717, 1.165) is 12.5 Å². The topological polar surface area (TPSA) is 40.5 Å². The van der Waals surface area contributed by atoms with Crippen LogP contribution in [0.1, 0.15) is 19.8 Å². The summed E-state index contributed by atoms with van der Waals surface area (Å²) in [6.45, 7) is 2.79. The average molecular weight is 155 g/mol. The minimum absolute atomic E-state index is 0.271. The van der Waals surface area contributed by atoms with Crippen molar-refractivity contribution in [3.8, 4) is 0 Å². The molecule has 2 heterocycles.